The van der Waals surface area contributed by atoms with E-state index in [-0.39, 0.29) is 0 Å². The standard InChI is InChI=1S/C12H23N3O/c1-4-6-16-10-12(13-3)7-11-8-14-15(5-2)9-11/h8-9,12-13H,4-7,10H2,1-3H3. The number of nitrogens with one attached hydrogen (secondary N) is 1. The average molecular weight is 225 g/mol. The molecule has 92 valence electrons. The molecule has 4 heteroatoms. The summed E-state index contributed by atoms with van der Waals surface area (Å²) in [6.07, 6.45) is 6.09. The summed E-state index contributed by atoms with van der Waals surface area (Å²) >= 11 is 0. The summed E-state index contributed by atoms with van der Waals surface area (Å²) in [4.78, 5) is 0. The molecule has 0 radical (unpaired) electrons. The summed E-state index contributed by atoms with van der Waals surface area (Å²) in [5.41, 5.74) is 1.27. The van der Waals surface area contributed by atoms with E-state index in [0.717, 1.165) is 32.6 Å². The summed E-state index contributed by atoms with van der Waals surface area (Å²) in [6, 6.07) is 0.376. The van der Waals surface area contributed by atoms with Crippen LogP contribution in [0, 0.1) is 0 Å². The fourth-order valence-electron chi connectivity index (χ4n) is 1.58. The van der Waals surface area contributed by atoms with Crippen molar-refractivity contribution < 1.29 is 4.74 Å². The van der Waals surface area contributed by atoms with Crippen LogP contribution in [0.15, 0.2) is 12.4 Å². The number of ether oxygens (including phenoxy) is 1. The van der Waals surface area contributed by atoms with Crippen LogP contribution in [0.2, 0.25) is 0 Å². The zero-order valence-corrected chi connectivity index (χ0v) is 10.6. The Labute approximate surface area is 98.0 Å². The first kappa shape index (κ1) is 13.2. The van der Waals surface area contributed by atoms with Crippen LogP contribution in [0.4, 0.5) is 0 Å². The van der Waals surface area contributed by atoms with Crippen LogP contribution >= 0.6 is 0 Å². The van der Waals surface area contributed by atoms with Crippen molar-refractivity contribution in [2.45, 2.75) is 39.3 Å². The second-order valence-corrected chi connectivity index (χ2v) is 3.97. The summed E-state index contributed by atoms with van der Waals surface area (Å²) in [6.45, 7) is 6.75. The Bertz CT molecular complexity index is 286. The van der Waals surface area contributed by atoms with Crippen LogP contribution in [0.5, 0.6) is 0 Å². The van der Waals surface area contributed by atoms with Gasteiger partial charge >= 0.3 is 0 Å². The largest absolute Gasteiger partial charge is 0.380 e. The number of aromatic nitrogens is 2. The summed E-state index contributed by atoms with van der Waals surface area (Å²) in [5.74, 6) is 0. The topological polar surface area (TPSA) is 39.1 Å². The molecule has 1 rings (SSSR count). The maximum atomic E-state index is 5.55. The molecule has 1 atom stereocenters. The highest BCUT2D eigenvalue weighted by Crippen LogP contribution is 2.03. The van der Waals surface area contributed by atoms with Crippen molar-refractivity contribution in [3.63, 3.8) is 0 Å². The van der Waals surface area contributed by atoms with Gasteiger partial charge in [-0.25, -0.2) is 0 Å². The molecule has 4 nitrogen and oxygen atoms in total. The number of rotatable bonds is 8. The highest BCUT2D eigenvalue weighted by molar-refractivity contribution is 5.06. The first-order chi connectivity index (χ1) is 7.80. The molecule has 0 saturated heterocycles. The Morgan fingerprint density at radius 1 is 1.50 bits per heavy atom. The van der Waals surface area contributed by atoms with Gasteiger partial charge in [0.2, 0.25) is 0 Å². The summed E-state index contributed by atoms with van der Waals surface area (Å²) in [5, 5.41) is 7.54. The molecule has 0 spiro atoms. The summed E-state index contributed by atoms with van der Waals surface area (Å²) in [7, 11) is 1.98. The fraction of sp³-hybridized carbons (Fsp3) is 0.750. The summed E-state index contributed by atoms with van der Waals surface area (Å²) < 4.78 is 7.50. The molecule has 1 aromatic heterocycles. The number of hydrogen-bond acceptors (Lipinski definition) is 3. The van der Waals surface area contributed by atoms with E-state index in [1.165, 1.54) is 5.56 Å². The van der Waals surface area contributed by atoms with Crippen LogP contribution in [0.1, 0.15) is 25.8 Å². The number of hydrogen-bond donors (Lipinski definition) is 1. The fourth-order valence-corrected chi connectivity index (χ4v) is 1.58. The van der Waals surface area contributed by atoms with Crippen molar-refractivity contribution in [2.75, 3.05) is 20.3 Å². The lowest BCUT2D eigenvalue weighted by Crippen LogP contribution is -2.32. The molecule has 0 bridgehead atoms. The molecule has 1 aromatic rings. The molecule has 16 heavy (non-hydrogen) atoms. The van der Waals surface area contributed by atoms with E-state index < -0.39 is 0 Å². The minimum absolute atomic E-state index is 0.376. The van der Waals surface area contributed by atoms with Gasteiger partial charge in [-0.3, -0.25) is 4.68 Å². The molecule has 0 aliphatic heterocycles. The maximum Gasteiger partial charge on any atom is 0.0622 e. The van der Waals surface area contributed by atoms with Gasteiger partial charge in [0.25, 0.3) is 0 Å². The van der Waals surface area contributed by atoms with Crippen LogP contribution in [-0.2, 0) is 17.7 Å². The van der Waals surface area contributed by atoms with Gasteiger partial charge in [-0.2, -0.15) is 5.10 Å². The van der Waals surface area contributed by atoms with Gasteiger partial charge in [0.15, 0.2) is 0 Å². The Balaban J connectivity index is 2.36. The molecular weight excluding hydrogens is 202 g/mol. The molecule has 1 unspecified atom stereocenters. The quantitative estimate of drug-likeness (QED) is 0.681. The normalized spacial score (nSPS) is 12.9. The van der Waals surface area contributed by atoms with Crippen LogP contribution in [0.25, 0.3) is 0 Å². The molecule has 0 aliphatic rings. The highest BCUT2D eigenvalue weighted by Gasteiger charge is 2.08. The Kier molecular flexibility index (Phi) is 6.11. The van der Waals surface area contributed by atoms with Gasteiger partial charge in [0, 0.05) is 25.4 Å². The first-order valence-corrected chi connectivity index (χ1v) is 6.06. The zero-order chi connectivity index (χ0) is 11.8. The van der Waals surface area contributed by atoms with E-state index in [9.17, 15) is 0 Å². The van der Waals surface area contributed by atoms with E-state index >= 15 is 0 Å². The highest BCUT2D eigenvalue weighted by atomic mass is 16.5. The smallest absolute Gasteiger partial charge is 0.0622 e. The lowest BCUT2D eigenvalue weighted by Gasteiger charge is -2.15. The molecule has 0 aromatic carbocycles. The van der Waals surface area contributed by atoms with Crippen LogP contribution in [-0.4, -0.2) is 36.1 Å². The second-order valence-electron chi connectivity index (χ2n) is 3.97. The van der Waals surface area contributed by atoms with Crippen molar-refractivity contribution in [1.82, 2.24) is 15.1 Å². The maximum absolute atomic E-state index is 5.55. The predicted molar refractivity (Wildman–Crippen MR) is 65.6 cm³/mol. The molecule has 1 heterocycles. The third kappa shape index (κ3) is 4.33. The molecule has 0 fully saturated rings. The third-order valence-corrected chi connectivity index (χ3v) is 2.57. The molecular formula is C12H23N3O. The Hall–Kier alpha value is -0.870. The minimum atomic E-state index is 0.376. The van der Waals surface area contributed by atoms with Crippen LogP contribution in [0.3, 0.4) is 0 Å². The molecule has 0 saturated carbocycles. The van der Waals surface area contributed by atoms with Gasteiger partial charge < -0.3 is 10.1 Å². The SMILES string of the molecule is CCCOCC(Cc1cnn(CC)c1)NC. The monoisotopic (exact) mass is 225 g/mol. The molecule has 0 aliphatic carbocycles. The lowest BCUT2D eigenvalue weighted by molar-refractivity contribution is 0.114. The van der Waals surface area contributed by atoms with Crippen molar-refractivity contribution in [1.29, 1.82) is 0 Å². The van der Waals surface area contributed by atoms with E-state index in [1.54, 1.807) is 0 Å². The second kappa shape index (κ2) is 7.41. The Morgan fingerprint density at radius 3 is 2.88 bits per heavy atom. The lowest BCUT2D eigenvalue weighted by atomic mass is 10.1. The number of likely N-dealkylation sites (N-methyl/N-ethyl adjacent to an activating group) is 1. The minimum Gasteiger partial charge on any atom is -0.380 e. The van der Waals surface area contributed by atoms with Gasteiger partial charge in [-0.15, -0.1) is 0 Å². The van der Waals surface area contributed by atoms with Crippen molar-refractivity contribution in [2.24, 2.45) is 0 Å². The van der Waals surface area contributed by atoms with Gasteiger partial charge in [0.05, 0.1) is 12.8 Å². The number of nitrogens with zero attached hydrogens (tertiary/aromatic N) is 2. The number of aryl methyl sites for hydroxylation is 1. The van der Waals surface area contributed by atoms with E-state index in [4.69, 9.17) is 4.74 Å². The van der Waals surface area contributed by atoms with Gasteiger partial charge in [0.1, 0.15) is 0 Å². The average Bonchev–Trinajstić information content (AvgIpc) is 2.75. The molecule has 0 amide bonds. The first-order valence-electron chi connectivity index (χ1n) is 6.06. The van der Waals surface area contributed by atoms with Crippen molar-refractivity contribution >= 4 is 0 Å². The van der Waals surface area contributed by atoms with Gasteiger partial charge in [-0.05, 0) is 32.4 Å². The van der Waals surface area contributed by atoms with Gasteiger partial charge in [-0.1, -0.05) is 6.92 Å². The van der Waals surface area contributed by atoms with E-state index in [1.807, 2.05) is 17.9 Å². The zero-order valence-electron chi connectivity index (χ0n) is 10.6. The Morgan fingerprint density at radius 2 is 2.31 bits per heavy atom. The van der Waals surface area contributed by atoms with E-state index in [0.29, 0.717) is 6.04 Å². The third-order valence-electron chi connectivity index (χ3n) is 2.57. The molecule has 1 N–H and O–H groups in total. The van der Waals surface area contributed by atoms with Crippen molar-refractivity contribution in [3.8, 4) is 0 Å². The van der Waals surface area contributed by atoms with Crippen molar-refractivity contribution in [3.05, 3.63) is 18.0 Å². The van der Waals surface area contributed by atoms with E-state index in [2.05, 4.69) is 30.5 Å². The van der Waals surface area contributed by atoms with Crippen LogP contribution < -0.4 is 5.32 Å². The predicted octanol–water partition coefficient (Wildman–Crippen LogP) is 1.46.